The van der Waals surface area contributed by atoms with Crippen molar-refractivity contribution in [3.8, 4) is 0 Å². The van der Waals surface area contributed by atoms with E-state index in [1.54, 1.807) is 18.2 Å². The molecule has 1 atom stereocenters. The van der Waals surface area contributed by atoms with Crippen LogP contribution in [0.5, 0.6) is 0 Å². The number of carboxylic acid groups (broad SMARTS) is 1. The Morgan fingerprint density at radius 2 is 2.00 bits per heavy atom. The van der Waals surface area contributed by atoms with Crippen LogP contribution in [0.3, 0.4) is 0 Å². The Morgan fingerprint density at radius 3 is 2.56 bits per heavy atom. The zero-order valence-corrected chi connectivity index (χ0v) is 10.4. The summed E-state index contributed by atoms with van der Waals surface area (Å²) in [5, 5.41) is 20.2. The number of benzene rings is 1. The molecule has 0 aromatic heterocycles. The summed E-state index contributed by atoms with van der Waals surface area (Å²) in [6.07, 6.45) is 0.538. The lowest BCUT2D eigenvalue weighted by Crippen LogP contribution is -2.43. The first-order valence-corrected chi connectivity index (χ1v) is 5.79. The molecule has 1 aromatic carbocycles. The van der Waals surface area contributed by atoms with E-state index in [4.69, 9.17) is 21.8 Å². The summed E-state index contributed by atoms with van der Waals surface area (Å²) in [4.78, 5) is 22.1. The summed E-state index contributed by atoms with van der Waals surface area (Å²) in [6, 6.07) is 5.87. The normalized spacial score (nSPS) is 11.9. The van der Waals surface area contributed by atoms with Crippen molar-refractivity contribution in [3.63, 3.8) is 0 Å². The number of amides is 1. The van der Waals surface area contributed by atoms with Crippen molar-refractivity contribution in [3.05, 3.63) is 34.9 Å². The van der Waals surface area contributed by atoms with Gasteiger partial charge < -0.3 is 15.5 Å². The Bertz CT molecular complexity index is 436. The third-order valence-electron chi connectivity index (χ3n) is 2.40. The van der Waals surface area contributed by atoms with Crippen LogP contribution >= 0.6 is 11.6 Å². The second-order valence-electron chi connectivity index (χ2n) is 3.73. The molecular weight excluding hydrogens is 258 g/mol. The molecule has 0 saturated heterocycles. The van der Waals surface area contributed by atoms with Crippen molar-refractivity contribution in [2.45, 2.75) is 18.9 Å². The van der Waals surface area contributed by atoms with Crippen LogP contribution < -0.4 is 5.32 Å². The van der Waals surface area contributed by atoms with Gasteiger partial charge in [-0.3, -0.25) is 4.79 Å². The van der Waals surface area contributed by atoms with Gasteiger partial charge in [-0.25, -0.2) is 4.79 Å². The molecule has 0 aliphatic rings. The molecule has 0 aliphatic carbocycles. The van der Waals surface area contributed by atoms with Crippen molar-refractivity contribution in [2.75, 3.05) is 6.61 Å². The average molecular weight is 272 g/mol. The van der Waals surface area contributed by atoms with Gasteiger partial charge in [0.1, 0.15) is 6.04 Å². The number of aliphatic hydroxyl groups excluding tert-OH is 1. The Morgan fingerprint density at radius 1 is 1.33 bits per heavy atom. The SMILES string of the molecule is O=C(CCc1ccccc1Cl)N[C@@H](CO)C(=O)O. The molecule has 98 valence electrons. The third-order valence-corrected chi connectivity index (χ3v) is 2.76. The molecule has 0 spiro atoms. The van der Waals surface area contributed by atoms with Crippen LogP contribution in [0.2, 0.25) is 5.02 Å². The Labute approximate surface area is 109 Å². The Balaban J connectivity index is 2.47. The first-order valence-electron chi connectivity index (χ1n) is 5.41. The summed E-state index contributed by atoms with van der Waals surface area (Å²) in [6.45, 7) is -0.632. The smallest absolute Gasteiger partial charge is 0.328 e. The van der Waals surface area contributed by atoms with Crippen molar-refractivity contribution in [1.29, 1.82) is 0 Å². The fourth-order valence-corrected chi connectivity index (χ4v) is 1.63. The maximum atomic E-state index is 11.5. The molecule has 1 aromatic rings. The average Bonchev–Trinajstić information content (AvgIpc) is 2.34. The molecule has 0 saturated carbocycles. The minimum Gasteiger partial charge on any atom is -0.480 e. The van der Waals surface area contributed by atoms with Gasteiger partial charge in [-0.2, -0.15) is 0 Å². The van der Waals surface area contributed by atoms with Gasteiger partial charge in [-0.1, -0.05) is 29.8 Å². The molecule has 0 aliphatic heterocycles. The topological polar surface area (TPSA) is 86.6 Å². The molecule has 5 nitrogen and oxygen atoms in total. The van der Waals surface area contributed by atoms with Gasteiger partial charge in [0.15, 0.2) is 0 Å². The van der Waals surface area contributed by atoms with E-state index in [0.717, 1.165) is 5.56 Å². The molecule has 1 amide bonds. The van der Waals surface area contributed by atoms with Gasteiger partial charge in [0, 0.05) is 11.4 Å². The van der Waals surface area contributed by atoms with Gasteiger partial charge in [0.25, 0.3) is 0 Å². The predicted molar refractivity (Wildman–Crippen MR) is 66.4 cm³/mol. The molecule has 18 heavy (non-hydrogen) atoms. The van der Waals surface area contributed by atoms with Gasteiger partial charge >= 0.3 is 5.97 Å². The first-order chi connectivity index (χ1) is 8.54. The summed E-state index contributed by atoms with van der Waals surface area (Å²) < 4.78 is 0. The minimum absolute atomic E-state index is 0.119. The van der Waals surface area contributed by atoms with Crippen LogP contribution in [0, 0.1) is 0 Å². The highest BCUT2D eigenvalue weighted by Gasteiger charge is 2.18. The first kappa shape index (κ1) is 14.5. The zero-order valence-electron chi connectivity index (χ0n) is 9.60. The number of aliphatic carboxylic acids is 1. The maximum Gasteiger partial charge on any atom is 0.328 e. The van der Waals surface area contributed by atoms with Crippen LogP contribution in [0.1, 0.15) is 12.0 Å². The molecule has 0 fully saturated rings. The molecule has 3 N–H and O–H groups in total. The summed E-state index contributed by atoms with van der Waals surface area (Å²) >= 11 is 5.93. The van der Waals surface area contributed by atoms with E-state index < -0.39 is 24.5 Å². The number of carbonyl (C=O) groups excluding carboxylic acids is 1. The largest absolute Gasteiger partial charge is 0.480 e. The van der Waals surface area contributed by atoms with Gasteiger partial charge in [0.2, 0.25) is 5.91 Å². The van der Waals surface area contributed by atoms with E-state index in [1.165, 1.54) is 0 Å². The number of carboxylic acids is 1. The fraction of sp³-hybridized carbons (Fsp3) is 0.333. The molecule has 6 heteroatoms. The number of rotatable bonds is 6. The molecular formula is C12H14ClNO4. The lowest BCUT2D eigenvalue weighted by atomic mass is 10.1. The van der Waals surface area contributed by atoms with E-state index >= 15 is 0 Å². The number of hydrogen-bond donors (Lipinski definition) is 3. The van der Waals surface area contributed by atoms with E-state index in [2.05, 4.69) is 5.32 Å². The highest BCUT2D eigenvalue weighted by atomic mass is 35.5. The van der Waals surface area contributed by atoms with E-state index in [1.807, 2.05) is 6.07 Å². The number of carbonyl (C=O) groups is 2. The lowest BCUT2D eigenvalue weighted by Gasteiger charge is -2.11. The summed E-state index contributed by atoms with van der Waals surface area (Å²) in [5.74, 6) is -1.69. The second-order valence-corrected chi connectivity index (χ2v) is 4.14. The highest BCUT2D eigenvalue weighted by Crippen LogP contribution is 2.16. The molecule has 1 rings (SSSR count). The van der Waals surface area contributed by atoms with E-state index in [-0.39, 0.29) is 6.42 Å². The Hall–Kier alpha value is -1.59. The summed E-state index contributed by atoms with van der Waals surface area (Å²) in [7, 11) is 0. The monoisotopic (exact) mass is 271 g/mol. The van der Waals surface area contributed by atoms with Crippen LogP contribution in [-0.4, -0.2) is 34.7 Å². The molecule has 0 unspecified atom stereocenters. The fourth-order valence-electron chi connectivity index (χ4n) is 1.40. The Kier molecular flexibility index (Phi) is 5.61. The number of aliphatic hydroxyl groups is 1. The van der Waals surface area contributed by atoms with Crippen LogP contribution in [0.25, 0.3) is 0 Å². The second kappa shape index (κ2) is 6.98. The van der Waals surface area contributed by atoms with Crippen LogP contribution in [0.15, 0.2) is 24.3 Å². The molecule has 0 heterocycles. The zero-order chi connectivity index (χ0) is 13.5. The third kappa shape index (κ3) is 4.35. The number of hydrogen-bond acceptors (Lipinski definition) is 3. The molecule has 0 bridgehead atoms. The van der Waals surface area contributed by atoms with Crippen molar-refractivity contribution in [2.24, 2.45) is 0 Å². The van der Waals surface area contributed by atoms with E-state index in [9.17, 15) is 9.59 Å². The van der Waals surface area contributed by atoms with Crippen molar-refractivity contribution in [1.82, 2.24) is 5.32 Å². The van der Waals surface area contributed by atoms with Gasteiger partial charge in [0.05, 0.1) is 6.61 Å². The van der Waals surface area contributed by atoms with Crippen LogP contribution in [0.4, 0.5) is 0 Å². The van der Waals surface area contributed by atoms with Crippen molar-refractivity contribution < 1.29 is 19.8 Å². The van der Waals surface area contributed by atoms with Gasteiger partial charge in [-0.15, -0.1) is 0 Å². The lowest BCUT2D eigenvalue weighted by molar-refractivity contribution is -0.142. The quantitative estimate of drug-likeness (QED) is 0.715. The van der Waals surface area contributed by atoms with Crippen molar-refractivity contribution >= 4 is 23.5 Å². The number of nitrogens with one attached hydrogen (secondary N) is 1. The maximum absolute atomic E-state index is 11.5. The summed E-state index contributed by atoms with van der Waals surface area (Å²) in [5.41, 5.74) is 0.824. The predicted octanol–water partition coefficient (Wildman–Crippen LogP) is 0.834. The standard InChI is InChI=1S/C12H14ClNO4/c13-9-4-2-1-3-8(9)5-6-11(16)14-10(7-15)12(17)18/h1-4,10,15H,5-7H2,(H,14,16)(H,17,18)/t10-/m0/s1. The van der Waals surface area contributed by atoms with Gasteiger partial charge in [-0.05, 0) is 18.1 Å². The molecule has 0 radical (unpaired) electrons. The minimum atomic E-state index is -1.26. The van der Waals surface area contributed by atoms with Crippen LogP contribution in [-0.2, 0) is 16.0 Å². The number of aryl methyl sites for hydroxylation is 1. The number of halogens is 1. The highest BCUT2D eigenvalue weighted by molar-refractivity contribution is 6.31. The van der Waals surface area contributed by atoms with E-state index in [0.29, 0.717) is 11.4 Å².